The van der Waals surface area contributed by atoms with Crippen molar-refractivity contribution in [1.82, 2.24) is 15.2 Å². The minimum Gasteiger partial charge on any atom is -0.352 e. The third-order valence-corrected chi connectivity index (χ3v) is 3.23. The number of halogens is 2. The van der Waals surface area contributed by atoms with E-state index in [1.807, 2.05) is 0 Å². The Labute approximate surface area is 110 Å². The zero-order chi connectivity index (χ0) is 13.7. The molecule has 1 amide bonds. The lowest BCUT2D eigenvalue weighted by Gasteiger charge is -2.14. The fraction of sp³-hybridized carbons (Fsp3) is 0.538. The molecule has 0 saturated carbocycles. The molecule has 104 valence electrons. The molecular formula is C13H17F2N3O. The molecule has 0 atom stereocenters. The van der Waals surface area contributed by atoms with Gasteiger partial charge in [0.1, 0.15) is 0 Å². The van der Waals surface area contributed by atoms with E-state index in [0.29, 0.717) is 6.54 Å². The van der Waals surface area contributed by atoms with Crippen LogP contribution in [0.5, 0.6) is 0 Å². The molecule has 19 heavy (non-hydrogen) atoms. The summed E-state index contributed by atoms with van der Waals surface area (Å²) in [4.78, 5) is 17.1. The second-order valence-corrected chi connectivity index (χ2v) is 4.62. The van der Waals surface area contributed by atoms with Gasteiger partial charge in [0.25, 0.3) is 5.91 Å². The zero-order valence-electron chi connectivity index (χ0n) is 10.7. The maximum atomic E-state index is 13.3. The number of nitrogens with zero attached hydrogens (tertiary/aromatic N) is 2. The normalized spacial score (nSPS) is 15.7. The minimum absolute atomic E-state index is 0.298. The van der Waals surface area contributed by atoms with Crippen LogP contribution in [0.25, 0.3) is 0 Å². The molecule has 2 heterocycles. The highest BCUT2D eigenvalue weighted by Gasteiger charge is 2.16. The molecule has 0 aromatic carbocycles. The van der Waals surface area contributed by atoms with E-state index in [4.69, 9.17) is 0 Å². The molecule has 0 bridgehead atoms. The van der Waals surface area contributed by atoms with E-state index in [9.17, 15) is 13.6 Å². The molecule has 1 aromatic heterocycles. The van der Waals surface area contributed by atoms with Gasteiger partial charge in [-0.05, 0) is 45.0 Å². The number of hydrogen-bond acceptors (Lipinski definition) is 3. The minimum atomic E-state index is -1.25. The summed E-state index contributed by atoms with van der Waals surface area (Å²) in [5.41, 5.74) is -0.298. The summed E-state index contributed by atoms with van der Waals surface area (Å²) in [5, 5.41) is 2.59. The Morgan fingerprint density at radius 2 is 2.11 bits per heavy atom. The Morgan fingerprint density at radius 1 is 1.37 bits per heavy atom. The molecule has 1 aliphatic rings. The Bertz CT molecular complexity index is 448. The van der Waals surface area contributed by atoms with Crippen molar-refractivity contribution in [2.45, 2.75) is 19.3 Å². The van der Waals surface area contributed by atoms with Crippen LogP contribution in [0.1, 0.15) is 29.6 Å². The molecule has 6 heteroatoms. The molecule has 1 aliphatic heterocycles. The van der Waals surface area contributed by atoms with Crippen molar-refractivity contribution >= 4 is 5.91 Å². The fourth-order valence-corrected chi connectivity index (χ4v) is 2.20. The first-order valence-corrected chi connectivity index (χ1v) is 6.49. The van der Waals surface area contributed by atoms with Crippen LogP contribution in [0, 0.1) is 11.8 Å². The molecule has 2 rings (SSSR count). The lowest BCUT2D eigenvalue weighted by molar-refractivity contribution is 0.0946. The molecule has 0 spiro atoms. The average Bonchev–Trinajstić information content (AvgIpc) is 2.91. The van der Waals surface area contributed by atoms with Crippen molar-refractivity contribution in [3.63, 3.8) is 0 Å². The van der Waals surface area contributed by atoms with E-state index in [2.05, 4.69) is 15.2 Å². The van der Waals surface area contributed by atoms with Crippen LogP contribution in [0.4, 0.5) is 8.78 Å². The first kappa shape index (κ1) is 13.9. The van der Waals surface area contributed by atoms with E-state index in [1.54, 1.807) is 0 Å². The van der Waals surface area contributed by atoms with Crippen LogP contribution in [0.3, 0.4) is 0 Å². The van der Waals surface area contributed by atoms with Crippen LogP contribution >= 0.6 is 0 Å². The molecule has 1 saturated heterocycles. The smallest absolute Gasteiger partial charge is 0.254 e. The highest BCUT2D eigenvalue weighted by molar-refractivity contribution is 5.94. The largest absolute Gasteiger partial charge is 0.352 e. The standard InChI is InChI=1S/C13H17F2N3O/c14-11-10(4-6-16-12(11)15)13(19)17-5-3-9-18-7-1-2-8-18/h4,6H,1-3,5,7-9H2,(H,17,19). The lowest BCUT2D eigenvalue weighted by atomic mass is 10.2. The van der Waals surface area contributed by atoms with Crippen LogP contribution in [0.2, 0.25) is 0 Å². The van der Waals surface area contributed by atoms with Gasteiger partial charge >= 0.3 is 0 Å². The van der Waals surface area contributed by atoms with Gasteiger partial charge in [-0.2, -0.15) is 4.39 Å². The Kier molecular flexibility index (Phi) is 4.79. The lowest BCUT2D eigenvalue weighted by Crippen LogP contribution is -2.29. The predicted octanol–water partition coefficient (Wildman–Crippen LogP) is 1.58. The number of carbonyl (C=O) groups is 1. The Hall–Kier alpha value is -1.56. The molecule has 0 radical (unpaired) electrons. The Balaban J connectivity index is 1.76. The number of pyridine rings is 1. The maximum absolute atomic E-state index is 13.3. The summed E-state index contributed by atoms with van der Waals surface area (Å²) in [5.74, 6) is -3.04. The maximum Gasteiger partial charge on any atom is 0.254 e. The van der Waals surface area contributed by atoms with E-state index in [1.165, 1.54) is 18.9 Å². The Morgan fingerprint density at radius 3 is 2.84 bits per heavy atom. The number of carbonyl (C=O) groups excluding carboxylic acids is 1. The van der Waals surface area contributed by atoms with Gasteiger partial charge in [0.05, 0.1) is 5.56 Å². The van der Waals surface area contributed by atoms with Crippen molar-refractivity contribution in [2.24, 2.45) is 0 Å². The van der Waals surface area contributed by atoms with Crippen molar-refractivity contribution in [2.75, 3.05) is 26.2 Å². The van der Waals surface area contributed by atoms with Crippen molar-refractivity contribution in [1.29, 1.82) is 0 Å². The van der Waals surface area contributed by atoms with Crippen LogP contribution < -0.4 is 5.32 Å². The van der Waals surface area contributed by atoms with E-state index in [0.717, 1.165) is 32.3 Å². The first-order valence-electron chi connectivity index (χ1n) is 6.49. The SMILES string of the molecule is O=C(NCCCN1CCCC1)c1ccnc(F)c1F. The van der Waals surface area contributed by atoms with Gasteiger partial charge in [-0.3, -0.25) is 4.79 Å². The number of hydrogen-bond donors (Lipinski definition) is 1. The average molecular weight is 269 g/mol. The van der Waals surface area contributed by atoms with Crippen molar-refractivity contribution < 1.29 is 13.6 Å². The predicted molar refractivity (Wildman–Crippen MR) is 66.8 cm³/mol. The zero-order valence-corrected chi connectivity index (χ0v) is 10.7. The third kappa shape index (κ3) is 3.70. The van der Waals surface area contributed by atoms with Gasteiger partial charge < -0.3 is 10.2 Å². The molecule has 1 fully saturated rings. The summed E-state index contributed by atoms with van der Waals surface area (Å²) < 4.78 is 26.2. The van der Waals surface area contributed by atoms with Gasteiger partial charge in [-0.1, -0.05) is 0 Å². The molecular weight excluding hydrogens is 252 g/mol. The fourth-order valence-electron chi connectivity index (χ4n) is 2.20. The summed E-state index contributed by atoms with van der Waals surface area (Å²) in [6.07, 6.45) is 4.35. The summed E-state index contributed by atoms with van der Waals surface area (Å²) >= 11 is 0. The van der Waals surface area contributed by atoms with Crippen molar-refractivity contribution in [3.05, 3.63) is 29.6 Å². The highest BCUT2D eigenvalue weighted by atomic mass is 19.2. The summed E-state index contributed by atoms with van der Waals surface area (Å²) in [7, 11) is 0. The van der Waals surface area contributed by atoms with Gasteiger partial charge in [-0.25, -0.2) is 9.37 Å². The van der Waals surface area contributed by atoms with Crippen LogP contribution in [-0.4, -0.2) is 42.0 Å². The number of aromatic nitrogens is 1. The first-order chi connectivity index (χ1) is 9.18. The number of nitrogens with one attached hydrogen (secondary N) is 1. The van der Waals surface area contributed by atoms with Crippen LogP contribution in [0.15, 0.2) is 12.3 Å². The van der Waals surface area contributed by atoms with Gasteiger partial charge in [0.2, 0.25) is 5.95 Å². The summed E-state index contributed by atoms with van der Waals surface area (Å²) in [6.45, 7) is 3.60. The monoisotopic (exact) mass is 269 g/mol. The number of rotatable bonds is 5. The topological polar surface area (TPSA) is 45.2 Å². The third-order valence-electron chi connectivity index (χ3n) is 3.23. The highest BCUT2D eigenvalue weighted by Crippen LogP contribution is 2.09. The molecule has 0 unspecified atom stereocenters. The summed E-state index contributed by atoms with van der Waals surface area (Å²) in [6, 6.07) is 1.17. The van der Waals surface area contributed by atoms with Gasteiger partial charge in [-0.15, -0.1) is 0 Å². The quantitative estimate of drug-likeness (QED) is 0.652. The van der Waals surface area contributed by atoms with E-state index < -0.39 is 17.7 Å². The number of amides is 1. The number of likely N-dealkylation sites (tertiary alicyclic amines) is 1. The molecule has 1 aromatic rings. The molecule has 1 N–H and O–H groups in total. The van der Waals surface area contributed by atoms with Gasteiger partial charge in [0.15, 0.2) is 5.82 Å². The van der Waals surface area contributed by atoms with Crippen molar-refractivity contribution in [3.8, 4) is 0 Å². The molecule has 4 nitrogen and oxygen atoms in total. The van der Waals surface area contributed by atoms with E-state index >= 15 is 0 Å². The van der Waals surface area contributed by atoms with Gasteiger partial charge in [0, 0.05) is 12.7 Å². The van der Waals surface area contributed by atoms with Crippen LogP contribution in [-0.2, 0) is 0 Å². The molecule has 0 aliphatic carbocycles. The second kappa shape index (κ2) is 6.56. The second-order valence-electron chi connectivity index (χ2n) is 4.62. The van der Waals surface area contributed by atoms with E-state index in [-0.39, 0.29) is 5.56 Å².